The second kappa shape index (κ2) is 4.96. The zero-order valence-electron chi connectivity index (χ0n) is 3.52. The molecule has 0 aromatic heterocycles. The highest BCUT2D eigenvalue weighted by Crippen LogP contribution is 1.86. The van der Waals surface area contributed by atoms with Gasteiger partial charge in [0.15, 0.2) is 0 Å². The lowest BCUT2D eigenvalue weighted by molar-refractivity contribution is 1.42. The van der Waals surface area contributed by atoms with Crippen LogP contribution >= 0.6 is 15.9 Å². The Morgan fingerprint density at radius 3 is 2.50 bits per heavy atom. The summed E-state index contributed by atoms with van der Waals surface area (Å²) in [6.45, 7) is 3.53. The van der Waals surface area contributed by atoms with Gasteiger partial charge in [-0.3, -0.25) is 0 Å². The summed E-state index contributed by atoms with van der Waals surface area (Å²) >= 11 is 3.12. The number of hydrogen-bond donors (Lipinski definition) is 0. The fraction of sp³-hybridized carbons (Fsp3) is 0.200. The Morgan fingerprint density at radius 1 is 1.67 bits per heavy atom. The highest BCUT2D eigenvalue weighted by atomic mass is 79.9. The third-order valence-electron chi connectivity index (χ3n) is 0.392. The van der Waals surface area contributed by atoms with E-state index in [2.05, 4.69) is 22.5 Å². The molecule has 0 aromatic rings. The van der Waals surface area contributed by atoms with Crippen LogP contribution in [0.3, 0.4) is 0 Å². The molecule has 1 heteroatoms. The normalized spacial score (nSPS) is 9.50. The molecule has 0 unspecified atom stereocenters. The number of rotatable bonds is 2. The van der Waals surface area contributed by atoms with E-state index in [1.165, 1.54) is 0 Å². The van der Waals surface area contributed by atoms with Crippen LogP contribution in [-0.4, -0.2) is 0 Å². The van der Waals surface area contributed by atoms with E-state index in [1.54, 1.807) is 0 Å². The molecule has 0 fully saturated rings. The van der Waals surface area contributed by atoms with Crippen LogP contribution in [0.1, 0.15) is 6.42 Å². The SMILES string of the molecule is C=CC/C=C\Br. The van der Waals surface area contributed by atoms with Crippen LogP contribution in [0.15, 0.2) is 23.7 Å². The Hall–Kier alpha value is -0.0400. The van der Waals surface area contributed by atoms with Crippen molar-refractivity contribution in [3.8, 4) is 0 Å². The lowest BCUT2D eigenvalue weighted by Crippen LogP contribution is -1.46. The summed E-state index contributed by atoms with van der Waals surface area (Å²) in [6, 6.07) is 0. The highest BCUT2D eigenvalue weighted by Gasteiger charge is 1.58. The van der Waals surface area contributed by atoms with E-state index in [-0.39, 0.29) is 0 Å². The first-order valence-electron chi connectivity index (χ1n) is 1.78. The zero-order chi connectivity index (χ0) is 4.83. The van der Waals surface area contributed by atoms with Gasteiger partial charge in [0.2, 0.25) is 0 Å². The maximum atomic E-state index is 3.53. The molecule has 6 heavy (non-hydrogen) atoms. The molecule has 0 aromatic carbocycles. The fourth-order valence-electron chi connectivity index (χ4n) is 0.148. The summed E-state index contributed by atoms with van der Waals surface area (Å²) in [4.78, 5) is 1.83. The molecule has 0 aliphatic heterocycles. The average Bonchev–Trinajstić information content (AvgIpc) is 1.61. The van der Waals surface area contributed by atoms with E-state index in [4.69, 9.17) is 0 Å². The molecule has 0 N–H and O–H groups in total. The van der Waals surface area contributed by atoms with Gasteiger partial charge in [0.1, 0.15) is 0 Å². The van der Waals surface area contributed by atoms with E-state index >= 15 is 0 Å². The monoisotopic (exact) mass is 146 g/mol. The summed E-state index contributed by atoms with van der Waals surface area (Å²) in [7, 11) is 0. The lowest BCUT2D eigenvalue weighted by atomic mass is 10.4. The van der Waals surface area contributed by atoms with Crippen molar-refractivity contribution in [2.24, 2.45) is 0 Å². The van der Waals surface area contributed by atoms with Gasteiger partial charge in [0.25, 0.3) is 0 Å². The van der Waals surface area contributed by atoms with Crippen LogP contribution in [0.4, 0.5) is 0 Å². The van der Waals surface area contributed by atoms with Gasteiger partial charge >= 0.3 is 0 Å². The third-order valence-corrected chi connectivity index (χ3v) is 0.766. The van der Waals surface area contributed by atoms with Crippen molar-refractivity contribution in [1.29, 1.82) is 0 Å². The number of allylic oxidation sites excluding steroid dienone is 2. The van der Waals surface area contributed by atoms with Gasteiger partial charge in [0.05, 0.1) is 0 Å². The maximum absolute atomic E-state index is 3.53. The van der Waals surface area contributed by atoms with Gasteiger partial charge in [-0.05, 0) is 11.4 Å². The first-order valence-corrected chi connectivity index (χ1v) is 2.69. The second-order valence-electron chi connectivity index (χ2n) is 0.886. The Kier molecular flexibility index (Phi) is 4.93. The Morgan fingerprint density at radius 2 is 2.33 bits per heavy atom. The van der Waals surface area contributed by atoms with Crippen molar-refractivity contribution in [2.45, 2.75) is 6.42 Å². The van der Waals surface area contributed by atoms with Crippen molar-refractivity contribution >= 4 is 15.9 Å². The summed E-state index contributed by atoms with van der Waals surface area (Å²) in [5.74, 6) is 0. The molecule has 0 atom stereocenters. The summed E-state index contributed by atoms with van der Waals surface area (Å²) in [5, 5.41) is 0. The minimum atomic E-state index is 0.950. The molecule has 34 valence electrons. The molecule has 0 aliphatic rings. The van der Waals surface area contributed by atoms with Gasteiger partial charge in [-0.1, -0.05) is 28.1 Å². The molecular formula is C5H7Br. The minimum Gasteiger partial charge on any atom is -0.103 e. The smallest absolute Gasteiger partial charge is 0.0164 e. The second-order valence-corrected chi connectivity index (χ2v) is 1.41. The van der Waals surface area contributed by atoms with E-state index < -0.39 is 0 Å². The molecule has 0 nitrogen and oxygen atoms in total. The van der Waals surface area contributed by atoms with Gasteiger partial charge in [-0.15, -0.1) is 6.58 Å². The van der Waals surface area contributed by atoms with Gasteiger partial charge in [0, 0.05) is 0 Å². The van der Waals surface area contributed by atoms with E-state index in [0.717, 1.165) is 6.42 Å². The van der Waals surface area contributed by atoms with E-state index in [0.29, 0.717) is 0 Å². The topological polar surface area (TPSA) is 0 Å². The van der Waals surface area contributed by atoms with Crippen molar-refractivity contribution in [3.63, 3.8) is 0 Å². The standard InChI is InChI=1S/C5H7Br/c1-2-3-4-5-6/h2,4-5H,1,3H2/b5-4-. The molecule has 0 radical (unpaired) electrons. The molecule has 0 heterocycles. The van der Waals surface area contributed by atoms with Crippen LogP contribution in [0.2, 0.25) is 0 Å². The molecule has 0 saturated carbocycles. The molecule has 0 rings (SSSR count). The van der Waals surface area contributed by atoms with Crippen LogP contribution in [0, 0.1) is 0 Å². The summed E-state index contributed by atoms with van der Waals surface area (Å²) in [5.41, 5.74) is 0. The molecule has 0 bridgehead atoms. The summed E-state index contributed by atoms with van der Waals surface area (Å²) in [6.07, 6.45) is 4.77. The zero-order valence-corrected chi connectivity index (χ0v) is 5.11. The first-order chi connectivity index (χ1) is 2.91. The molecule has 0 amide bonds. The van der Waals surface area contributed by atoms with E-state index in [9.17, 15) is 0 Å². The highest BCUT2D eigenvalue weighted by molar-refractivity contribution is 9.11. The van der Waals surface area contributed by atoms with E-state index in [1.807, 2.05) is 17.1 Å². The maximum Gasteiger partial charge on any atom is -0.0164 e. The predicted molar refractivity (Wildman–Crippen MR) is 32.9 cm³/mol. The molecular weight excluding hydrogens is 140 g/mol. The first kappa shape index (κ1) is 5.96. The third kappa shape index (κ3) is 3.96. The quantitative estimate of drug-likeness (QED) is 0.526. The van der Waals surface area contributed by atoms with Crippen molar-refractivity contribution in [1.82, 2.24) is 0 Å². The minimum absolute atomic E-state index is 0.950. The Bertz CT molecular complexity index is 55.0. The fourth-order valence-corrected chi connectivity index (χ4v) is 0.363. The molecule has 0 saturated heterocycles. The van der Waals surface area contributed by atoms with Crippen molar-refractivity contribution < 1.29 is 0 Å². The molecule has 0 aliphatic carbocycles. The van der Waals surface area contributed by atoms with Crippen LogP contribution < -0.4 is 0 Å². The number of halogens is 1. The summed E-state index contributed by atoms with van der Waals surface area (Å²) < 4.78 is 0. The van der Waals surface area contributed by atoms with Gasteiger partial charge in [-0.25, -0.2) is 0 Å². The average molecular weight is 147 g/mol. The Labute approximate surface area is 46.7 Å². The van der Waals surface area contributed by atoms with Gasteiger partial charge in [-0.2, -0.15) is 0 Å². The molecule has 0 spiro atoms. The predicted octanol–water partition coefficient (Wildman–Crippen LogP) is 2.47. The van der Waals surface area contributed by atoms with Crippen molar-refractivity contribution in [2.75, 3.05) is 0 Å². The van der Waals surface area contributed by atoms with Crippen LogP contribution in [0.25, 0.3) is 0 Å². The number of hydrogen-bond acceptors (Lipinski definition) is 0. The van der Waals surface area contributed by atoms with Crippen molar-refractivity contribution in [3.05, 3.63) is 23.7 Å². The van der Waals surface area contributed by atoms with Crippen LogP contribution in [0.5, 0.6) is 0 Å². The lowest BCUT2D eigenvalue weighted by Gasteiger charge is -1.68. The van der Waals surface area contributed by atoms with Crippen LogP contribution in [-0.2, 0) is 0 Å². The largest absolute Gasteiger partial charge is 0.103 e. The van der Waals surface area contributed by atoms with Gasteiger partial charge < -0.3 is 0 Å². The Balaban J connectivity index is 2.85.